The van der Waals surface area contributed by atoms with Crippen LogP contribution >= 0.6 is 11.6 Å². The van der Waals surface area contributed by atoms with E-state index in [1.807, 2.05) is 42.5 Å². The van der Waals surface area contributed by atoms with Gasteiger partial charge in [-0.25, -0.2) is 12.8 Å². The Bertz CT molecular complexity index is 1450. The second-order valence-corrected chi connectivity index (χ2v) is 13.1. The first-order valence-corrected chi connectivity index (χ1v) is 16.4. The lowest BCUT2D eigenvalue weighted by molar-refractivity contribution is -0.141. The van der Waals surface area contributed by atoms with Crippen molar-refractivity contribution in [3.8, 4) is 0 Å². The summed E-state index contributed by atoms with van der Waals surface area (Å²) in [7, 11) is -3.80. The number of carbonyl (C=O) groups is 2. The SMILES string of the molecule is CS(=O)(=O)N(CCCC(=O)N(Cc1ccc(Cl)cc1)[C@H](Cc1ccccc1)C(=O)NC1CCCC1)c1ccccc1F. The summed E-state index contributed by atoms with van der Waals surface area (Å²) < 4.78 is 40.5. The van der Waals surface area contributed by atoms with Gasteiger partial charge in [-0.15, -0.1) is 0 Å². The molecule has 0 unspecified atom stereocenters. The first-order chi connectivity index (χ1) is 20.1. The molecule has 1 aliphatic rings. The molecule has 0 aliphatic heterocycles. The minimum absolute atomic E-state index is 0.0317. The smallest absolute Gasteiger partial charge is 0.243 e. The molecule has 3 aromatic carbocycles. The molecular formula is C32H37ClFN3O4S. The van der Waals surface area contributed by atoms with Crippen molar-refractivity contribution < 1.29 is 22.4 Å². The van der Waals surface area contributed by atoms with Crippen molar-refractivity contribution in [2.24, 2.45) is 0 Å². The quantitative estimate of drug-likeness (QED) is 0.267. The Hall–Kier alpha value is -3.43. The van der Waals surface area contributed by atoms with Crippen molar-refractivity contribution in [1.82, 2.24) is 10.2 Å². The summed E-state index contributed by atoms with van der Waals surface area (Å²) in [4.78, 5) is 29.3. The highest BCUT2D eigenvalue weighted by Gasteiger charge is 2.32. The van der Waals surface area contributed by atoms with Crippen LogP contribution in [0.5, 0.6) is 0 Å². The largest absolute Gasteiger partial charge is 0.352 e. The van der Waals surface area contributed by atoms with E-state index in [9.17, 15) is 22.4 Å². The molecule has 0 heterocycles. The Morgan fingerprint density at radius 3 is 2.24 bits per heavy atom. The van der Waals surface area contributed by atoms with Crippen LogP contribution < -0.4 is 9.62 Å². The maximum Gasteiger partial charge on any atom is 0.243 e. The highest BCUT2D eigenvalue weighted by Crippen LogP contribution is 2.24. The molecule has 1 saturated carbocycles. The van der Waals surface area contributed by atoms with Crippen LogP contribution in [0.1, 0.15) is 49.7 Å². The van der Waals surface area contributed by atoms with Crippen LogP contribution in [0.15, 0.2) is 78.9 Å². The lowest BCUT2D eigenvalue weighted by Gasteiger charge is -2.33. The van der Waals surface area contributed by atoms with Crippen molar-refractivity contribution in [1.29, 1.82) is 0 Å². The van der Waals surface area contributed by atoms with Gasteiger partial charge in [0, 0.05) is 37.0 Å². The van der Waals surface area contributed by atoms with Crippen LogP contribution in [-0.2, 0) is 32.6 Å². The van der Waals surface area contributed by atoms with E-state index in [4.69, 9.17) is 11.6 Å². The monoisotopic (exact) mass is 613 g/mol. The second-order valence-electron chi connectivity index (χ2n) is 10.7. The fourth-order valence-corrected chi connectivity index (χ4v) is 6.44. The summed E-state index contributed by atoms with van der Waals surface area (Å²) >= 11 is 6.10. The van der Waals surface area contributed by atoms with Crippen molar-refractivity contribution in [3.63, 3.8) is 0 Å². The predicted octanol–water partition coefficient (Wildman–Crippen LogP) is 5.72. The molecule has 0 bridgehead atoms. The minimum Gasteiger partial charge on any atom is -0.352 e. The third-order valence-electron chi connectivity index (χ3n) is 7.51. The topological polar surface area (TPSA) is 86.8 Å². The zero-order valence-corrected chi connectivity index (χ0v) is 25.3. The predicted molar refractivity (Wildman–Crippen MR) is 164 cm³/mol. The van der Waals surface area contributed by atoms with E-state index in [-0.39, 0.29) is 49.5 Å². The molecule has 0 spiro atoms. The standard InChI is InChI=1S/C32H37ClFN3O4S/c1-42(40,41)37(29-15-8-7-14-28(29)34)21-9-16-31(38)36(23-25-17-19-26(33)20-18-25)30(22-24-10-3-2-4-11-24)32(39)35-27-12-5-6-13-27/h2-4,7-8,10-11,14-15,17-20,27,30H,5-6,9,12-13,16,21-23H2,1H3,(H,35,39)/t30-/m1/s1. The van der Waals surface area contributed by atoms with Crippen molar-refractivity contribution in [2.45, 2.75) is 63.6 Å². The van der Waals surface area contributed by atoms with E-state index in [1.165, 1.54) is 18.2 Å². The number of para-hydroxylation sites is 1. The molecule has 0 saturated heterocycles. The van der Waals surface area contributed by atoms with Crippen molar-refractivity contribution in [3.05, 3.63) is 101 Å². The van der Waals surface area contributed by atoms with Gasteiger partial charge in [-0.1, -0.05) is 79.0 Å². The number of carbonyl (C=O) groups excluding carboxylic acids is 2. The zero-order chi connectivity index (χ0) is 30.1. The summed E-state index contributed by atoms with van der Waals surface area (Å²) in [5.74, 6) is -1.17. The van der Waals surface area contributed by atoms with E-state index < -0.39 is 21.9 Å². The second kappa shape index (κ2) is 14.6. The molecule has 0 aromatic heterocycles. The molecule has 7 nitrogen and oxygen atoms in total. The molecular weight excluding hydrogens is 577 g/mol. The van der Waals surface area contributed by atoms with Gasteiger partial charge in [0.05, 0.1) is 11.9 Å². The van der Waals surface area contributed by atoms with Crippen LogP contribution in [0, 0.1) is 5.82 Å². The minimum atomic E-state index is -3.80. The summed E-state index contributed by atoms with van der Waals surface area (Å²) in [6.07, 6.45) is 5.37. The fourth-order valence-electron chi connectivity index (χ4n) is 5.34. The van der Waals surface area contributed by atoms with E-state index >= 15 is 0 Å². The number of sulfonamides is 1. The highest BCUT2D eigenvalue weighted by atomic mass is 35.5. The van der Waals surface area contributed by atoms with Gasteiger partial charge in [0.1, 0.15) is 11.9 Å². The van der Waals surface area contributed by atoms with E-state index in [0.29, 0.717) is 11.4 Å². The summed E-state index contributed by atoms with van der Waals surface area (Å²) in [5, 5.41) is 3.73. The van der Waals surface area contributed by atoms with Crippen LogP contribution in [0.3, 0.4) is 0 Å². The van der Waals surface area contributed by atoms with Gasteiger partial charge in [0.15, 0.2) is 0 Å². The zero-order valence-electron chi connectivity index (χ0n) is 23.7. The van der Waals surface area contributed by atoms with Gasteiger partial charge in [-0.3, -0.25) is 13.9 Å². The maximum atomic E-state index is 14.5. The Kier molecular flexibility index (Phi) is 11.0. The van der Waals surface area contributed by atoms with Crippen LogP contribution in [0.25, 0.3) is 0 Å². The Balaban J connectivity index is 1.59. The van der Waals surface area contributed by atoms with Gasteiger partial charge in [-0.2, -0.15) is 0 Å². The van der Waals surface area contributed by atoms with E-state index in [0.717, 1.165) is 47.4 Å². The number of nitrogens with one attached hydrogen (secondary N) is 1. The molecule has 42 heavy (non-hydrogen) atoms. The molecule has 1 fully saturated rings. The third-order valence-corrected chi connectivity index (χ3v) is 8.94. The number of nitrogens with zero attached hydrogens (tertiary/aromatic N) is 2. The maximum absolute atomic E-state index is 14.5. The number of halogens is 2. The molecule has 0 radical (unpaired) electrons. The first-order valence-electron chi connectivity index (χ1n) is 14.2. The normalized spacial score (nSPS) is 14.4. The number of rotatable bonds is 13. The van der Waals surface area contributed by atoms with Gasteiger partial charge in [0.25, 0.3) is 0 Å². The van der Waals surface area contributed by atoms with Crippen molar-refractivity contribution in [2.75, 3.05) is 17.1 Å². The average molecular weight is 614 g/mol. The molecule has 10 heteroatoms. The highest BCUT2D eigenvalue weighted by molar-refractivity contribution is 7.92. The Morgan fingerprint density at radius 2 is 1.60 bits per heavy atom. The number of benzene rings is 3. The van der Waals surface area contributed by atoms with Gasteiger partial charge in [0.2, 0.25) is 21.8 Å². The number of anilines is 1. The van der Waals surface area contributed by atoms with Gasteiger partial charge >= 0.3 is 0 Å². The molecule has 1 aliphatic carbocycles. The summed E-state index contributed by atoms with van der Waals surface area (Å²) in [6.45, 7) is 0.0899. The molecule has 1 atom stereocenters. The lowest BCUT2D eigenvalue weighted by atomic mass is 10.0. The molecule has 224 valence electrons. The van der Waals surface area contributed by atoms with Gasteiger partial charge in [-0.05, 0) is 54.7 Å². The molecule has 2 amide bonds. The number of amides is 2. The Labute approximate surface area is 252 Å². The van der Waals surface area contributed by atoms with Crippen LogP contribution in [0.4, 0.5) is 10.1 Å². The lowest BCUT2D eigenvalue weighted by Crippen LogP contribution is -2.52. The van der Waals surface area contributed by atoms with Gasteiger partial charge < -0.3 is 10.2 Å². The Morgan fingerprint density at radius 1 is 0.952 bits per heavy atom. The first kappa shape index (κ1) is 31.5. The summed E-state index contributed by atoms with van der Waals surface area (Å²) in [5.41, 5.74) is 1.66. The van der Waals surface area contributed by atoms with E-state index in [1.54, 1.807) is 23.1 Å². The average Bonchev–Trinajstić information content (AvgIpc) is 3.47. The molecule has 1 N–H and O–H groups in total. The fraction of sp³-hybridized carbons (Fsp3) is 0.375. The van der Waals surface area contributed by atoms with Crippen LogP contribution in [-0.4, -0.2) is 50.0 Å². The molecule has 4 rings (SSSR count). The van der Waals surface area contributed by atoms with E-state index in [2.05, 4.69) is 5.32 Å². The number of hydrogen-bond donors (Lipinski definition) is 1. The number of hydrogen-bond acceptors (Lipinski definition) is 4. The summed E-state index contributed by atoms with van der Waals surface area (Å²) in [6, 6.07) is 21.6. The third kappa shape index (κ3) is 8.79. The van der Waals surface area contributed by atoms with Crippen LogP contribution in [0.2, 0.25) is 5.02 Å². The van der Waals surface area contributed by atoms with Crippen molar-refractivity contribution >= 4 is 39.1 Å². The molecule has 3 aromatic rings.